The van der Waals surface area contributed by atoms with Crippen LogP contribution in [0.5, 0.6) is 0 Å². The van der Waals surface area contributed by atoms with Gasteiger partial charge in [0.15, 0.2) is 11.6 Å². The Morgan fingerprint density at radius 1 is 0.972 bits per heavy atom. The zero-order chi connectivity index (χ0) is 24.7. The Kier molecular flexibility index (Phi) is 6.45. The van der Waals surface area contributed by atoms with E-state index in [1.807, 2.05) is 6.07 Å². The van der Waals surface area contributed by atoms with Crippen molar-refractivity contribution in [2.45, 2.75) is 57.4 Å². The van der Waals surface area contributed by atoms with Crippen LogP contribution < -0.4 is 20.9 Å². The molecule has 3 N–H and O–H groups in total. The Morgan fingerprint density at radius 3 is 2.36 bits per heavy atom. The third kappa shape index (κ3) is 5.13. The van der Waals surface area contributed by atoms with E-state index in [0.717, 1.165) is 43.1 Å². The number of aromatic nitrogens is 4. The van der Waals surface area contributed by atoms with E-state index in [1.54, 1.807) is 6.07 Å². The number of carbonyl (C=O) groups is 2. The highest BCUT2D eigenvalue weighted by Crippen LogP contribution is 2.61. The fourth-order valence-electron chi connectivity index (χ4n) is 7.34. The molecule has 2 amide bonds. The maximum Gasteiger partial charge on any atom is 0.240 e. The summed E-state index contributed by atoms with van der Waals surface area (Å²) in [7, 11) is 0. The minimum atomic E-state index is -0.315. The van der Waals surface area contributed by atoms with E-state index >= 15 is 0 Å². The SMILES string of the molecule is O=C(CCl)Nc1ccc(N2CC[C@@H](Nc3nnc(NC(=O)CC45CC6CC(CC(C6)C4)C5)s3)C2)nn1. The summed E-state index contributed by atoms with van der Waals surface area (Å²) in [5.74, 6) is 3.29. The van der Waals surface area contributed by atoms with Crippen molar-refractivity contribution in [3.63, 3.8) is 0 Å². The summed E-state index contributed by atoms with van der Waals surface area (Å²) in [4.78, 5) is 26.4. The number of nitrogens with zero attached hydrogens (tertiary/aromatic N) is 5. The second kappa shape index (κ2) is 9.74. The van der Waals surface area contributed by atoms with Gasteiger partial charge in [-0.3, -0.25) is 9.59 Å². The third-order valence-corrected chi connectivity index (χ3v) is 9.26. The van der Waals surface area contributed by atoms with E-state index in [-0.39, 0.29) is 29.2 Å². The largest absolute Gasteiger partial charge is 0.355 e. The third-order valence-electron chi connectivity index (χ3n) is 8.25. The summed E-state index contributed by atoms with van der Waals surface area (Å²) in [5.41, 5.74) is 0.217. The molecule has 4 bridgehead atoms. The number of alkyl halides is 1. The Hall–Kier alpha value is -2.53. The molecule has 2 aromatic heterocycles. The van der Waals surface area contributed by atoms with Gasteiger partial charge >= 0.3 is 0 Å². The van der Waals surface area contributed by atoms with Gasteiger partial charge in [-0.2, -0.15) is 0 Å². The first-order valence-corrected chi connectivity index (χ1v) is 14.1. The van der Waals surface area contributed by atoms with Crippen LogP contribution >= 0.6 is 22.9 Å². The van der Waals surface area contributed by atoms with Crippen molar-refractivity contribution >= 4 is 56.7 Å². The second-order valence-corrected chi connectivity index (χ2v) is 12.3. The number of hydrogen-bond acceptors (Lipinski definition) is 9. The van der Waals surface area contributed by atoms with Crippen molar-refractivity contribution < 1.29 is 9.59 Å². The lowest BCUT2D eigenvalue weighted by Gasteiger charge is -2.56. The predicted molar refractivity (Wildman–Crippen MR) is 139 cm³/mol. The molecule has 5 fully saturated rings. The minimum Gasteiger partial charge on any atom is -0.355 e. The van der Waals surface area contributed by atoms with E-state index in [0.29, 0.717) is 22.5 Å². The molecule has 4 aliphatic carbocycles. The monoisotopic (exact) mass is 530 g/mol. The molecule has 4 saturated carbocycles. The van der Waals surface area contributed by atoms with Crippen LogP contribution in [0, 0.1) is 23.2 Å². The molecule has 1 aliphatic heterocycles. The molecule has 0 spiro atoms. The number of halogens is 1. The van der Waals surface area contributed by atoms with Gasteiger partial charge in [0.1, 0.15) is 5.88 Å². The lowest BCUT2D eigenvalue weighted by molar-refractivity contribution is -0.124. The lowest BCUT2D eigenvalue weighted by atomic mass is 9.49. The number of rotatable bonds is 8. The Bertz CT molecular complexity index is 1090. The van der Waals surface area contributed by atoms with Gasteiger partial charge < -0.3 is 20.9 Å². The summed E-state index contributed by atoms with van der Waals surface area (Å²) in [6, 6.07) is 3.74. The number of amides is 2. The molecule has 3 heterocycles. The van der Waals surface area contributed by atoms with Crippen LogP contribution in [0.2, 0.25) is 0 Å². The second-order valence-electron chi connectivity index (χ2n) is 11.1. The highest BCUT2D eigenvalue weighted by atomic mass is 35.5. The molecule has 5 aliphatic rings. The zero-order valence-corrected chi connectivity index (χ0v) is 21.7. The van der Waals surface area contributed by atoms with Gasteiger partial charge in [0, 0.05) is 25.6 Å². The fraction of sp³-hybridized carbons (Fsp3) is 0.667. The molecule has 36 heavy (non-hydrogen) atoms. The highest BCUT2D eigenvalue weighted by Gasteiger charge is 2.51. The number of nitrogens with one attached hydrogen (secondary N) is 3. The predicted octanol–water partition coefficient (Wildman–Crippen LogP) is 3.74. The van der Waals surface area contributed by atoms with E-state index in [4.69, 9.17) is 11.6 Å². The normalized spacial score (nSPS) is 30.4. The average Bonchev–Trinajstić information content (AvgIpc) is 3.48. The first-order valence-electron chi connectivity index (χ1n) is 12.8. The Labute approximate surface area is 219 Å². The summed E-state index contributed by atoms with van der Waals surface area (Å²) in [6.07, 6.45) is 9.36. The van der Waals surface area contributed by atoms with Gasteiger partial charge in [-0.1, -0.05) is 11.3 Å². The highest BCUT2D eigenvalue weighted by molar-refractivity contribution is 7.19. The van der Waals surface area contributed by atoms with Crippen LogP contribution in [-0.4, -0.2) is 57.2 Å². The first-order chi connectivity index (χ1) is 17.4. The zero-order valence-electron chi connectivity index (χ0n) is 20.1. The molecule has 0 radical (unpaired) electrons. The molecule has 7 rings (SSSR count). The van der Waals surface area contributed by atoms with Crippen molar-refractivity contribution in [3.05, 3.63) is 12.1 Å². The van der Waals surface area contributed by atoms with Gasteiger partial charge in [0.2, 0.25) is 22.1 Å². The lowest BCUT2D eigenvalue weighted by Crippen LogP contribution is -2.47. The molecule has 1 saturated heterocycles. The van der Waals surface area contributed by atoms with Crippen molar-refractivity contribution in [2.24, 2.45) is 23.2 Å². The summed E-state index contributed by atoms with van der Waals surface area (Å²) >= 11 is 6.89. The smallest absolute Gasteiger partial charge is 0.240 e. The molecular formula is C24H31ClN8O2S. The van der Waals surface area contributed by atoms with Crippen LogP contribution in [0.4, 0.5) is 21.9 Å². The summed E-state index contributed by atoms with van der Waals surface area (Å²) < 4.78 is 0. The van der Waals surface area contributed by atoms with Gasteiger partial charge in [0.25, 0.3) is 0 Å². The standard InChI is InChI=1S/C24H31ClN8O2S/c25-12-21(35)27-18-1-2-19(30-29-18)33-4-3-17(13-33)26-22-31-32-23(36-22)28-20(34)11-24-8-14-5-15(9-24)7-16(6-14)10-24/h1-2,14-17H,3-13H2,(H,26,31)(H,27,29,35)(H,28,32,34)/t14?,15?,16?,17-,24?/m1/s1. The number of hydrogen-bond donors (Lipinski definition) is 3. The van der Waals surface area contributed by atoms with Gasteiger partial charge in [-0.25, -0.2) is 0 Å². The molecule has 0 aromatic carbocycles. The first kappa shape index (κ1) is 23.8. The quantitative estimate of drug-likeness (QED) is 0.441. The molecule has 2 aromatic rings. The molecule has 192 valence electrons. The van der Waals surface area contributed by atoms with Gasteiger partial charge in [-0.15, -0.1) is 32.0 Å². The molecule has 10 nitrogen and oxygen atoms in total. The van der Waals surface area contributed by atoms with Crippen molar-refractivity contribution in [3.8, 4) is 0 Å². The van der Waals surface area contributed by atoms with E-state index < -0.39 is 0 Å². The minimum absolute atomic E-state index is 0.0796. The number of carbonyl (C=O) groups excluding carboxylic acids is 2. The van der Waals surface area contributed by atoms with Crippen molar-refractivity contribution in [1.29, 1.82) is 0 Å². The molecule has 1 atom stereocenters. The van der Waals surface area contributed by atoms with E-state index in [9.17, 15) is 9.59 Å². The molecule has 12 heteroatoms. The molecular weight excluding hydrogens is 500 g/mol. The Balaban J connectivity index is 0.992. The van der Waals surface area contributed by atoms with Gasteiger partial charge in [0.05, 0.1) is 0 Å². The van der Waals surface area contributed by atoms with Crippen LogP contribution in [0.3, 0.4) is 0 Å². The van der Waals surface area contributed by atoms with E-state index in [1.165, 1.54) is 49.9 Å². The molecule has 0 unspecified atom stereocenters. The summed E-state index contributed by atoms with van der Waals surface area (Å²) in [6.45, 7) is 1.57. The summed E-state index contributed by atoms with van der Waals surface area (Å²) in [5, 5.41) is 27.0. The van der Waals surface area contributed by atoms with Gasteiger partial charge in [-0.05, 0) is 80.2 Å². The van der Waals surface area contributed by atoms with Crippen LogP contribution in [0.1, 0.15) is 51.4 Å². The van der Waals surface area contributed by atoms with E-state index in [2.05, 4.69) is 41.2 Å². The topological polar surface area (TPSA) is 125 Å². The maximum absolute atomic E-state index is 12.9. The van der Waals surface area contributed by atoms with Crippen molar-refractivity contribution in [1.82, 2.24) is 20.4 Å². The van der Waals surface area contributed by atoms with Crippen LogP contribution in [0.15, 0.2) is 12.1 Å². The number of anilines is 4. The van der Waals surface area contributed by atoms with Crippen molar-refractivity contribution in [2.75, 3.05) is 39.8 Å². The fourth-order valence-corrected chi connectivity index (χ4v) is 8.14. The van der Waals surface area contributed by atoms with Crippen LogP contribution in [-0.2, 0) is 9.59 Å². The van der Waals surface area contributed by atoms with Crippen LogP contribution in [0.25, 0.3) is 0 Å². The Morgan fingerprint density at radius 2 is 1.69 bits per heavy atom. The maximum atomic E-state index is 12.9. The average molecular weight is 531 g/mol.